The van der Waals surface area contributed by atoms with Crippen LogP contribution >= 0.6 is 0 Å². The number of anilines is 1. The van der Waals surface area contributed by atoms with Crippen LogP contribution in [0.2, 0.25) is 0 Å². The maximum absolute atomic E-state index is 10.0. The standard InChI is InChI=1S/C13H16N4O/c14-6-10-12(16-8-13(18)4-1-5-13)17-11(7-15-10)9-2-3-9/h7,9,18H,1-5,8H2,(H,16,17). The lowest BCUT2D eigenvalue weighted by Crippen LogP contribution is -2.43. The molecule has 2 saturated carbocycles. The molecular weight excluding hydrogens is 228 g/mol. The summed E-state index contributed by atoms with van der Waals surface area (Å²) in [5.41, 5.74) is 0.642. The van der Waals surface area contributed by atoms with Gasteiger partial charge in [0.2, 0.25) is 0 Å². The normalized spacial score (nSPS) is 20.9. The summed E-state index contributed by atoms with van der Waals surface area (Å²) in [6.45, 7) is 0.449. The zero-order valence-electron chi connectivity index (χ0n) is 10.2. The molecule has 1 aromatic heterocycles. The Hall–Kier alpha value is -1.67. The van der Waals surface area contributed by atoms with Crippen molar-refractivity contribution in [1.82, 2.24) is 9.97 Å². The fraction of sp³-hybridized carbons (Fsp3) is 0.615. The number of aromatic nitrogens is 2. The van der Waals surface area contributed by atoms with Crippen molar-refractivity contribution in [3.8, 4) is 6.07 Å². The molecule has 0 unspecified atom stereocenters. The Morgan fingerprint density at radius 1 is 1.50 bits per heavy atom. The van der Waals surface area contributed by atoms with E-state index in [9.17, 15) is 5.11 Å². The molecule has 2 N–H and O–H groups in total. The number of hydrogen-bond acceptors (Lipinski definition) is 5. The summed E-state index contributed by atoms with van der Waals surface area (Å²) in [4.78, 5) is 8.59. The van der Waals surface area contributed by atoms with Gasteiger partial charge in [0, 0.05) is 12.5 Å². The molecule has 18 heavy (non-hydrogen) atoms. The molecule has 0 bridgehead atoms. The second kappa shape index (κ2) is 4.21. The molecule has 0 aliphatic heterocycles. The number of aliphatic hydroxyl groups is 1. The van der Waals surface area contributed by atoms with E-state index in [2.05, 4.69) is 15.3 Å². The van der Waals surface area contributed by atoms with E-state index in [1.807, 2.05) is 6.07 Å². The van der Waals surface area contributed by atoms with Gasteiger partial charge in [-0.1, -0.05) is 0 Å². The van der Waals surface area contributed by atoms with Crippen molar-refractivity contribution in [3.63, 3.8) is 0 Å². The molecule has 1 aromatic rings. The second-order valence-corrected chi connectivity index (χ2v) is 5.31. The van der Waals surface area contributed by atoms with Crippen molar-refractivity contribution in [1.29, 1.82) is 5.26 Å². The van der Waals surface area contributed by atoms with Crippen molar-refractivity contribution in [2.45, 2.75) is 43.6 Å². The third-order valence-corrected chi connectivity index (χ3v) is 3.76. The third kappa shape index (κ3) is 2.16. The molecule has 2 aliphatic carbocycles. The molecule has 0 saturated heterocycles. The fourth-order valence-corrected chi connectivity index (χ4v) is 2.19. The first kappa shape index (κ1) is 11.4. The predicted molar refractivity (Wildman–Crippen MR) is 66.0 cm³/mol. The zero-order valence-corrected chi connectivity index (χ0v) is 10.2. The van der Waals surface area contributed by atoms with Crippen LogP contribution < -0.4 is 5.32 Å². The van der Waals surface area contributed by atoms with Gasteiger partial charge in [-0.25, -0.2) is 9.97 Å². The van der Waals surface area contributed by atoms with Gasteiger partial charge < -0.3 is 10.4 Å². The number of nitrogens with zero attached hydrogens (tertiary/aromatic N) is 3. The first-order chi connectivity index (χ1) is 8.70. The minimum atomic E-state index is -0.621. The van der Waals surface area contributed by atoms with Crippen molar-refractivity contribution >= 4 is 5.82 Å². The molecule has 2 fully saturated rings. The quantitative estimate of drug-likeness (QED) is 0.839. The average Bonchev–Trinajstić information content (AvgIpc) is 3.18. The summed E-state index contributed by atoms with van der Waals surface area (Å²) >= 11 is 0. The largest absolute Gasteiger partial charge is 0.388 e. The van der Waals surface area contributed by atoms with Crippen LogP contribution in [0.15, 0.2) is 6.20 Å². The van der Waals surface area contributed by atoms with E-state index in [0.29, 0.717) is 24.0 Å². The Balaban J connectivity index is 1.76. The lowest BCUT2D eigenvalue weighted by Gasteiger charge is -2.36. The molecule has 5 heteroatoms. The maximum Gasteiger partial charge on any atom is 0.182 e. The number of hydrogen-bond donors (Lipinski definition) is 2. The van der Waals surface area contributed by atoms with Gasteiger partial charge in [-0.2, -0.15) is 5.26 Å². The van der Waals surface area contributed by atoms with Crippen molar-refractivity contribution in [2.24, 2.45) is 0 Å². The Morgan fingerprint density at radius 3 is 2.83 bits per heavy atom. The fourth-order valence-electron chi connectivity index (χ4n) is 2.19. The first-order valence-corrected chi connectivity index (χ1v) is 6.43. The summed E-state index contributed by atoms with van der Waals surface area (Å²) in [7, 11) is 0. The highest BCUT2D eigenvalue weighted by Crippen LogP contribution is 2.39. The molecule has 5 nitrogen and oxygen atoms in total. The van der Waals surface area contributed by atoms with Gasteiger partial charge in [-0.05, 0) is 32.1 Å². The number of nitrogens with one attached hydrogen (secondary N) is 1. The van der Waals surface area contributed by atoms with E-state index >= 15 is 0 Å². The van der Waals surface area contributed by atoms with E-state index in [0.717, 1.165) is 37.8 Å². The summed E-state index contributed by atoms with van der Waals surface area (Å²) in [6.07, 6.45) is 6.71. The number of rotatable bonds is 4. The van der Waals surface area contributed by atoms with Gasteiger partial charge in [0.05, 0.1) is 17.5 Å². The van der Waals surface area contributed by atoms with Crippen molar-refractivity contribution in [2.75, 3.05) is 11.9 Å². The Kier molecular flexibility index (Phi) is 2.67. The average molecular weight is 244 g/mol. The van der Waals surface area contributed by atoms with Crippen LogP contribution in [0.1, 0.15) is 49.4 Å². The Labute approximate surface area is 106 Å². The highest BCUT2D eigenvalue weighted by Gasteiger charge is 2.34. The SMILES string of the molecule is N#Cc1ncc(C2CC2)nc1NCC1(O)CCC1. The lowest BCUT2D eigenvalue weighted by atomic mass is 9.80. The van der Waals surface area contributed by atoms with Crippen LogP contribution in [0, 0.1) is 11.3 Å². The monoisotopic (exact) mass is 244 g/mol. The third-order valence-electron chi connectivity index (χ3n) is 3.76. The van der Waals surface area contributed by atoms with Gasteiger partial charge in [0.15, 0.2) is 11.5 Å². The first-order valence-electron chi connectivity index (χ1n) is 6.43. The summed E-state index contributed by atoms with van der Waals surface area (Å²) in [5.74, 6) is 1.03. The van der Waals surface area contributed by atoms with Crippen LogP contribution in [0.5, 0.6) is 0 Å². The highest BCUT2D eigenvalue weighted by molar-refractivity contribution is 5.48. The van der Waals surface area contributed by atoms with Gasteiger partial charge in [0.25, 0.3) is 0 Å². The Bertz CT molecular complexity index is 500. The van der Waals surface area contributed by atoms with E-state index in [1.54, 1.807) is 6.20 Å². The highest BCUT2D eigenvalue weighted by atomic mass is 16.3. The second-order valence-electron chi connectivity index (χ2n) is 5.31. The van der Waals surface area contributed by atoms with Crippen molar-refractivity contribution < 1.29 is 5.11 Å². The van der Waals surface area contributed by atoms with Crippen molar-refractivity contribution in [3.05, 3.63) is 17.6 Å². The summed E-state index contributed by atoms with van der Waals surface area (Å²) in [6, 6.07) is 2.04. The van der Waals surface area contributed by atoms with Gasteiger partial charge in [0.1, 0.15) is 6.07 Å². The molecular formula is C13H16N4O. The van der Waals surface area contributed by atoms with Crippen LogP contribution in [0.3, 0.4) is 0 Å². The molecule has 0 atom stereocenters. The van der Waals surface area contributed by atoms with Crippen LogP contribution in [-0.2, 0) is 0 Å². The van der Waals surface area contributed by atoms with E-state index < -0.39 is 5.60 Å². The predicted octanol–water partition coefficient (Wildman–Crippen LogP) is 1.55. The molecule has 1 heterocycles. The van der Waals surface area contributed by atoms with Gasteiger partial charge in [-0.3, -0.25) is 0 Å². The van der Waals surface area contributed by atoms with Crippen LogP contribution in [-0.4, -0.2) is 27.2 Å². The maximum atomic E-state index is 10.0. The molecule has 0 radical (unpaired) electrons. The van der Waals surface area contributed by atoms with Crippen LogP contribution in [0.25, 0.3) is 0 Å². The van der Waals surface area contributed by atoms with E-state index in [1.165, 1.54) is 0 Å². The Morgan fingerprint density at radius 2 is 2.28 bits per heavy atom. The molecule has 0 amide bonds. The molecule has 3 rings (SSSR count). The van der Waals surface area contributed by atoms with E-state index in [4.69, 9.17) is 5.26 Å². The van der Waals surface area contributed by atoms with E-state index in [-0.39, 0.29) is 0 Å². The molecule has 0 aromatic carbocycles. The zero-order chi connectivity index (χ0) is 12.6. The summed E-state index contributed by atoms with van der Waals surface area (Å²) < 4.78 is 0. The minimum absolute atomic E-state index is 0.308. The van der Waals surface area contributed by atoms with Gasteiger partial charge in [-0.15, -0.1) is 0 Å². The summed E-state index contributed by atoms with van der Waals surface area (Å²) in [5, 5.41) is 22.1. The van der Waals surface area contributed by atoms with Gasteiger partial charge >= 0.3 is 0 Å². The molecule has 0 spiro atoms. The topological polar surface area (TPSA) is 81.8 Å². The smallest absolute Gasteiger partial charge is 0.182 e. The number of nitriles is 1. The molecule has 94 valence electrons. The lowest BCUT2D eigenvalue weighted by molar-refractivity contribution is -0.0202. The minimum Gasteiger partial charge on any atom is -0.388 e. The molecule has 2 aliphatic rings. The van der Waals surface area contributed by atoms with Crippen LogP contribution in [0.4, 0.5) is 5.82 Å².